The molecule has 0 aliphatic carbocycles. The van der Waals surface area contributed by atoms with Crippen LogP contribution in [0.1, 0.15) is 30.1 Å². The lowest BCUT2D eigenvalue weighted by atomic mass is 10.2. The number of anilines is 1. The van der Waals surface area contributed by atoms with E-state index in [2.05, 4.69) is 21.2 Å². The number of carbonyl (C=O) groups excluding carboxylic acids is 1. The zero-order chi connectivity index (χ0) is 20.3. The van der Waals surface area contributed by atoms with Gasteiger partial charge in [0.05, 0.1) is 12.2 Å². The first-order chi connectivity index (χ1) is 13.3. The van der Waals surface area contributed by atoms with Crippen LogP contribution in [0.4, 0.5) is 10.1 Å². The molecule has 0 bridgehead atoms. The molecule has 1 N–H and O–H groups in total. The highest BCUT2D eigenvalue weighted by atomic mass is 79.9. The molecule has 1 aliphatic rings. The molecule has 1 amide bonds. The molecule has 1 saturated heterocycles. The number of halogens is 2. The number of rotatable bonds is 6. The van der Waals surface area contributed by atoms with Gasteiger partial charge >= 0.3 is 0 Å². The molecule has 0 saturated carbocycles. The molecule has 0 spiro atoms. The number of carbonyl (C=O) groups is 1. The van der Waals surface area contributed by atoms with Crippen molar-refractivity contribution >= 4 is 37.5 Å². The Morgan fingerprint density at radius 1 is 1.21 bits per heavy atom. The van der Waals surface area contributed by atoms with Crippen LogP contribution in [0.15, 0.2) is 45.8 Å². The molecule has 1 heterocycles. The zero-order valence-corrected chi connectivity index (χ0v) is 17.6. The number of sulfonamides is 1. The predicted octanol–water partition coefficient (Wildman–Crippen LogP) is 4.02. The van der Waals surface area contributed by atoms with E-state index in [-0.39, 0.29) is 21.9 Å². The van der Waals surface area contributed by atoms with Gasteiger partial charge < -0.3 is 10.1 Å². The van der Waals surface area contributed by atoms with Crippen LogP contribution < -0.4 is 10.1 Å². The van der Waals surface area contributed by atoms with Crippen molar-refractivity contribution in [2.45, 2.75) is 24.7 Å². The number of amides is 1. The van der Waals surface area contributed by atoms with Crippen LogP contribution in [0, 0.1) is 5.82 Å². The van der Waals surface area contributed by atoms with Crippen LogP contribution >= 0.6 is 15.9 Å². The van der Waals surface area contributed by atoms with Crippen molar-refractivity contribution in [2.24, 2.45) is 0 Å². The van der Waals surface area contributed by atoms with E-state index < -0.39 is 21.7 Å². The molecule has 1 fully saturated rings. The maximum atomic E-state index is 13.5. The van der Waals surface area contributed by atoms with Gasteiger partial charge in [-0.25, -0.2) is 12.8 Å². The topological polar surface area (TPSA) is 75.7 Å². The Hall–Kier alpha value is -1.97. The van der Waals surface area contributed by atoms with Crippen LogP contribution in [0.3, 0.4) is 0 Å². The Balaban J connectivity index is 1.94. The van der Waals surface area contributed by atoms with E-state index in [1.807, 2.05) is 0 Å². The predicted molar refractivity (Wildman–Crippen MR) is 108 cm³/mol. The molecule has 6 nitrogen and oxygen atoms in total. The molecule has 9 heteroatoms. The maximum absolute atomic E-state index is 13.5. The molecular formula is C19H20BrFN2O4S. The molecule has 0 unspecified atom stereocenters. The number of benzene rings is 2. The minimum Gasteiger partial charge on any atom is -0.492 e. The molecule has 0 radical (unpaired) electrons. The van der Waals surface area contributed by atoms with Crippen molar-refractivity contribution in [3.8, 4) is 5.75 Å². The summed E-state index contributed by atoms with van der Waals surface area (Å²) in [5.41, 5.74) is 0.389. The fourth-order valence-electron chi connectivity index (χ4n) is 3.00. The van der Waals surface area contributed by atoms with E-state index in [0.717, 1.165) is 18.9 Å². The normalized spacial score (nSPS) is 14.8. The Labute approximate surface area is 171 Å². The molecule has 0 atom stereocenters. The van der Waals surface area contributed by atoms with E-state index in [0.29, 0.717) is 24.2 Å². The SMILES string of the molecule is CCOc1ccc(NC(=O)c2cc(F)ccc2Br)cc1S(=O)(=O)N1CCCC1. The summed E-state index contributed by atoms with van der Waals surface area (Å²) in [5, 5.41) is 2.62. The highest BCUT2D eigenvalue weighted by Gasteiger charge is 2.30. The van der Waals surface area contributed by atoms with Gasteiger partial charge in [0.25, 0.3) is 5.91 Å². The second kappa shape index (κ2) is 8.59. The summed E-state index contributed by atoms with van der Waals surface area (Å²) in [4.78, 5) is 12.5. The summed E-state index contributed by atoms with van der Waals surface area (Å²) >= 11 is 3.22. The van der Waals surface area contributed by atoms with E-state index in [9.17, 15) is 17.6 Å². The van der Waals surface area contributed by atoms with Crippen molar-refractivity contribution in [3.63, 3.8) is 0 Å². The van der Waals surface area contributed by atoms with Gasteiger partial charge in [0.1, 0.15) is 16.5 Å². The van der Waals surface area contributed by atoms with E-state index in [1.165, 1.54) is 28.6 Å². The largest absolute Gasteiger partial charge is 0.492 e. The fraction of sp³-hybridized carbons (Fsp3) is 0.316. The second-order valence-corrected chi connectivity index (χ2v) is 9.04. The van der Waals surface area contributed by atoms with Crippen molar-refractivity contribution in [1.29, 1.82) is 0 Å². The first-order valence-electron chi connectivity index (χ1n) is 8.86. The Morgan fingerprint density at radius 2 is 1.93 bits per heavy atom. The zero-order valence-electron chi connectivity index (χ0n) is 15.2. The third-order valence-corrected chi connectivity index (χ3v) is 6.97. The van der Waals surface area contributed by atoms with Crippen molar-refractivity contribution in [1.82, 2.24) is 4.31 Å². The van der Waals surface area contributed by atoms with Gasteiger partial charge in [0.2, 0.25) is 10.0 Å². The smallest absolute Gasteiger partial charge is 0.256 e. The minimum atomic E-state index is -3.74. The standard InChI is InChI=1S/C19H20BrFN2O4S/c1-2-27-17-8-6-14(12-18(17)28(25,26)23-9-3-4-10-23)22-19(24)15-11-13(21)5-7-16(15)20/h5-8,11-12H,2-4,9-10H2,1H3,(H,22,24). The number of ether oxygens (including phenoxy) is 1. The molecule has 1 aliphatic heterocycles. The summed E-state index contributed by atoms with van der Waals surface area (Å²) in [6, 6.07) is 8.23. The quantitative estimate of drug-likeness (QED) is 0.691. The molecule has 150 valence electrons. The third-order valence-electron chi connectivity index (χ3n) is 4.36. The maximum Gasteiger partial charge on any atom is 0.256 e. The molecule has 0 aromatic heterocycles. The lowest BCUT2D eigenvalue weighted by Gasteiger charge is -2.19. The lowest BCUT2D eigenvalue weighted by Crippen LogP contribution is -2.28. The summed E-state index contributed by atoms with van der Waals surface area (Å²) < 4.78 is 46.8. The summed E-state index contributed by atoms with van der Waals surface area (Å²) in [6.45, 7) is 3.00. The van der Waals surface area contributed by atoms with Gasteiger partial charge in [-0.1, -0.05) is 0 Å². The number of hydrogen-bond acceptors (Lipinski definition) is 4. The molecule has 2 aromatic rings. The van der Waals surface area contributed by atoms with Crippen LogP contribution in [0.25, 0.3) is 0 Å². The monoisotopic (exact) mass is 470 g/mol. The second-order valence-electron chi connectivity index (χ2n) is 6.28. The van der Waals surface area contributed by atoms with E-state index in [4.69, 9.17) is 4.74 Å². The van der Waals surface area contributed by atoms with Crippen molar-refractivity contribution in [3.05, 3.63) is 52.3 Å². The van der Waals surface area contributed by atoms with Gasteiger partial charge in [-0.3, -0.25) is 4.79 Å². The molecule has 2 aromatic carbocycles. The molecule has 28 heavy (non-hydrogen) atoms. The number of nitrogens with zero attached hydrogens (tertiary/aromatic N) is 1. The van der Waals surface area contributed by atoms with E-state index in [1.54, 1.807) is 13.0 Å². The highest BCUT2D eigenvalue weighted by molar-refractivity contribution is 9.10. The number of hydrogen-bond donors (Lipinski definition) is 1. The van der Waals surface area contributed by atoms with Crippen LogP contribution in [0.5, 0.6) is 5.75 Å². The Kier molecular flexibility index (Phi) is 6.36. The van der Waals surface area contributed by atoms with Crippen LogP contribution in [-0.2, 0) is 10.0 Å². The van der Waals surface area contributed by atoms with Gasteiger partial charge in [-0.2, -0.15) is 4.31 Å². The van der Waals surface area contributed by atoms with Gasteiger partial charge in [-0.05, 0) is 72.1 Å². The molecule has 3 rings (SSSR count). The van der Waals surface area contributed by atoms with Gasteiger partial charge in [0.15, 0.2) is 0 Å². The fourth-order valence-corrected chi connectivity index (χ4v) is 5.10. The average molecular weight is 471 g/mol. The number of nitrogens with one attached hydrogen (secondary N) is 1. The average Bonchev–Trinajstić information content (AvgIpc) is 3.20. The Bertz CT molecular complexity index is 991. The van der Waals surface area contributed by atoms with Crippen molar-refractivity contribution < 1.29 is 22.3 Å². The Morgan fingerprint density at radius 3 is 2.61 bits per heavy atom. The molecular weight excluding hydrogens is 451 g/mol. The van der Waals surface area contributed by atoms with Gasteiger partial charge in [-0.15, -0.1) is 0 Å². The van der Waals surface area contributed by atoms with Gasteiger partial charge in [0, 0.05) is 23.2 Å². The summed E-state index contributed by atoms with van der Waals surface area (Å²) in [5.74, 6) is -0.864. The highest BCUT2D eigenvalue weighted by Crippen LogP contribution is 2.32. The van der Waals surface area contributed by atoms with E-state index >= 15 is 0 Å². The summed E-state index contributed by atoms with van der Waals surface area (Å²) in [6.07, 6.45) is 1.63. The van der Waals surface area contributed by atoms with Crippen molar-refractivity contribution in [2.75, 3.05) is 25.0 Å². The first-order valence-corrected chi connectivity index (χ1v) is 11.1. The minimum absolute atomic E-state index is 0.00681. The third kappa shape index (κ3) is 4.37. The summed E-state index contributed by atoms with van der Waals surface area (Å²) in [7, 11) is -3.74. The first kappa shape index (κ1) is 20.8. The van der Waals surface area contributed by atoms with Crippen LogP contribution in [-0.4, -0.2) is 38.3 Å². The lowest BCUT2D eigenvalue weighted by molar-refractivity contribution is 0.102. The van der Waals surface area contributed by atoms with Crippen LogP contribution in [0.2, 0.25) is 0 Å².